The van der Waals surface area contributed by atoms with Gasteiger partial charge in [0.1, 0.15) is 0 Å². The molecular formula is C16H25NO. The molecule has 2 rings (SSSR count). The van der Waals surface area contributed by atoms with Gasteiger partial charge in [-0.15, -0.1) is 0 Å². The summed E-state index contributed by atoms with van der Waals surface area (Å²) < 4.78 is 0. The monoisotopic (exact) mass is 247 g/mol. The summed E-state index contributed by atoms with van der Waals surface area (Å²) in [6, 6.07) is 10.9. The summed E-state index contributed by atoms with van der Waals surface area (Å²) in [6.45, 7) is 2.97. The minimum absolute atomic E-state index is 0.547. The molecule has 0 radical (unpaired) electrons. The molecule has 2 heteroatoms. The van der Waals surface area contributed by atoms with E-state index >= 15 is 0 Å². The summed E-state index contributed by atoms with van der Waals surface area (Å²) in [4.78, 5) is 5.63. The van der Waals surface area contributed by atoms with Crippen molar-refractivity contribution in [1.29, 1.82) is 0 Å². The van der Waals surface area contributed by atoms with Crippen LogP contribution >= 0.6 is 0 Å². The van der Waals surface area contributed by atoms with Crippen molar-refractivity contribution in [2.45, 2.75) is 58.1 Å². The maximum absolute atomic E-state index is 5.63. The third kappa shape index (κ3) is 4.43. The predicted octanol–water partition coefficient (Wildman–Crippen LogP) is 4.07. The topological polar surface area (TPSA) is 21.3 Å². The van der Waals surface area contributed by atoms with E-state index in [4.69, 9.17) is 4.84 Å². The van der Waals surface area contributed by atoms with E-state index in [1.54, 1.807) is 0 Å². The SMILES string of the molecule is CCC1CCCC(NOCc2ccccc2)CC1. The van der Waals surface area contributed by atoms with Gasteiger partial charge in [0.25, 0.3) is 0 Å². The Kier molecular flexibility index (Phi) is 5.69. The fourth-order valence-corrected chi connectivity index (χ4v) is 2.72. The molecule has 0 amide bonds. The number of hydrogen-bond acceptors (Lipinski definition) is 2. The quantitative estimate of drug-likeness (QED) is 0.625. The van der Waals surface area contributed by atoms with Crippen LogP contribution in [-0.2, 0) is 11.4 Å². The Bertz CT molecular complexity index is 325. The van der Waals surface area contributed by atoms with Crippen molar-refractivity contribution in [2.75, 3.05) is 0 Å². The molecule has 1 saturated carbocycles. The van der Waals surface area contributed by atoms with Crippen LogP contribution in [0.3, 0.4) is 0 Å². The van der Waals surface area contributed by atoms with Crippen molar-refractivity contribution >= 4 is 0 Å². The fourth-order valence-electron chi connectivity index (χ4n) is 2.72. The van der Waals surface area contributed by atoms with E-state index in [0.717, 1.165) is 5.92 Å². The lowest BCUT2D eigenvalue weighted by Gasteiger charge is -2.16. The molecule has 0 aliphatic heterocycles. The highest BCUT2D eigenvalue weighted by molar-refractivity contribution is 5.13. The van der Waals surface area contributed by atoms with Crippen molar-refractivity contribution < 1.29 is 4.84 Å². The van der Waals surface area contributed by atoms with Gasteiger partial charge >= 0.3 is 0 Å². The van der Waals surface area contributed by atoms with Crippen LogP contribution in [0.15, 0.2) is 30.3 Å². The van der Waals surface area contributed by atoms with E-state index in [2.05, 4.69) is 36.7 Å². The standard InChI is InChI=1S/C16H25NO/c1-2-14-9-6-10-16(12-11-14)17-18-13-15-7-4-3-5-8-15/h3-5,7-8,14,16-17H,2,6,9-13H2,1H3. The summed E-state index contributed by atoms with van der Waals surface area (Å²) >= 11 is 0. The number of hydrogen-bond donors (Lipinski definition) is 1. The Morgan fingerprint density at radius 3 is 2.72 bits per heavy atom. The largest absolute Gasteiger partial charge is 0.297 e. The molecule has 0 saturated heterocycles. The first-order valence-corrected chi connectivity index (χ1v) is 7.29. The van der Waals surface area contributed by atoms with E-state index in [1.807, 2.05) is 6.07 Å². The van der Waals surface area contributed by atoms with Gasteiger partial charge in [0.2, 0.25) is 0 Å². The smallest absolute Gasteiger partial charge is 0.0933 e. The lowest BCUT2D eigenvalue weighted by molar-refractivity contribution is 0.0000402. The molecule has 18 heavy (non-hydrogen) atoms. The van der Waals surface area contributed by atoms with Gasteiger partial charge < -0.3 is 0 Å². The zero-order valence-corrected chi connectivity index (χ0v) is 11.4. The normalized spacial score (nSPS) is 24.7. The highest BCUT2D eigenvalue weighted by atomic mass is 16.6. The first kappa shape index (κ1) is 13.6. The van der Waals surface area contributed by atoms with Crippen LogP contribution in [0.2, 0.25) is 0 Å². The Balaban J connectivity index is 1.67. The summed E-state index contributed by atoms with van der Waals surface area (Å²) in [5, 5.41) is 0. The number of nitrogens with one attached hydrogen (secondary N) is 1. The molecule has 0 spiro atoms. The predicted molar refractivity (Wildman–Crippen MR) is 75.0 cm³/mol. The van der Waals surface area contributed by atoms with Gasteiger partial charge in [-0.3, -0.25) is 4.84 Å². The third-order valence-corrected chi connectivity index (χ3v) is 4.00. The van der Waals surface area contributed by atoms with Crippen LogP contribution < -0.4 is 5.48 Å². The first-order chi connectivity index (χ1) is 8.88. The van der Waals surface area contributed by atoms with Crippen LogP contribution in [0.4, 0.5) is 0 Å². The van der Waals surface area contributed by atoms with Crippen molar-refractivity contribution in [3.05, 3.63) is 35.9 Å². The van der Waals surface area contributed by atoms with Crippen molar-refractivity contribution in [3.63, 3.8) is 0 Å². The lowest BCUT2D eigenvalue weighted by atomic mass is 9.98. The van der Waals surface area contributed by atoms with Gasteiger partial charge in [-0.2, -0.15) is 5.48 Å². The lowest BCUT2D eigenvalue weighted by Crippen LogP contribution is -2.28. The van der Waals surface area contributed by atoms with Crippen molar-refractivity contribution in [3.8, 4) is 0 Å². The molecule has 100 valence electrons. The number of hydroxylamine groups is 1. The van der Waals surface area contributed by atoms with Crippen LogP contribution in [0.5, 0.6) is 0 Å². The molecule has 2 nitrogen and oxygen atoms in total. The summed E-state index contributed by atoms with van der Waals surface area (Å²) in [6.07, 6.45) is 7.93. The molecule has 1 aromatic carbocycles. The molecule has 0 heterocycles. The van der Waals surface area contributed by atoms with E-state index in [0.29, 0.717) is 12.6 Å². The summed E-state index contributed by atoms with van der Waals surface area (Å²) in [5.74, 6) is 0.936. The highest BCUT2D eigenvalue weighted by Crippen LogP contribution is 2.25. The van der Waals surface area contributed by atoms with Crippen LogP contribution in [0.25, 0.3) is 0 Å². The van der Waals surface area contributed by atoms with Gasteiger partial charge in [0.05, 0.1) is 6.61 Å². The Morgan fingerprint density at radius 1 is 1.11 bits per heavy atom. The Morgan fingerprint density at radius 2 is 1.94 bits per heavy atom. The average molecular weight is 247 g/mol. The maximum Gasteiger partial charge on any atom is 0.0933 e. The van der Waals surface area contributed by atoms with Crippen LogP contribution in [0.1, 0.15) is 51.0 Å². The average Bonchev–Trinajstić information content (AvgIpc) is 2.65. The Hall–Kier alpha value is -0.860. The molecule has 1 aliphatic carbocycles. The molecule has 1 aromatic rings. The minimum atomic E-state index is 0.547. The van der Waals surface area contributed by atoms with Crippen LogP contribution in [-0.4, -0.2) is 6.04 Å². The van der Waals surface area contributed by atoms with Crippen molar-refractivity contribution in [2.24, 2.45) is 5.92 Å². The van der Waals surface area contributed by atoms with Gasteiger partial charge in [-0.25, -0.2) is 0 Å². The molecule has 1 fully saturated rings. The second-order valence-corrected chi connectivity index (χ2v) is 5.37. The molecule has 0 bridgehead atoms. The van der Waals surface area contributed by atoms with E-state index < -0.39 is 0 Å². The number of rotatable bonds is 5. The van der Waals surface area contributed by atoms with E-state index in [-0.39, 0.29) is 0 Å². The van der Waals surface area contributed by atoms with Gasteiger partial charge in [-0.1, -0.05) is 56.5 Å². The maximum atomic E-state index is 5.63. The fraction of sp³-hybridized carbons (Fsp3) is 0.625. The van der Waals surface area contributed by atoms with Crippen LogP contribution in [0, 0.1) is 5.92 Å². The number of benzene rings is 1. The second-order valence-electron chi connectivity index (χ2n) is 5.37. The van der Waals surface area contributed by atoms with E-state index in [1.165, 1.54) is 44.1 Å². The molecular weight excluding hydrogens is 222 g/mol. The molecule has 2 unspecified atom stereocenters. The first-order valence-electron chi connectivity index (χ1n) is 7.29. The zero-order valence-electron chi connectivity index (χ0n) is 11.4. The molecule has 0 aromatic heterocycles. The minimum Gasteiger partial charge on any atom is -0.297 e. The van der Waals surface area contributed by atoms with Crippen molar-refractivity contribution in [1.82, 2.24) is 5.48 Å². The van der Waals surface area contributed by atoms with Gasteiger partial charge in [0, 0.05) is 6.04 Å². The third-order valence-electron chi connectivity index (χ3n) is 4.00. The Labute approximate surface area is 111 Å². The zero-order chi connectivity index (χ0) is 12.6. The van der Waals surface area contributed by atoms with Gasteiger partial charge in [-0.05, 0) is 30.7 Å². The second kappa shape index (κ2) is 7.55. The summed E-state index contributed by atoms with van der Waals surface area (Å²) in [5.41, 5.74) is 4.48. The highest BCUT2D eigenvalue weighted by Gasteiger charge is 2.17. The van der Waals surface area contributed by atoms with Gasteiger partial charge in [0.15, 0.2) is 0 Å². The van der Waals surface area contributed by atoms with E-state index in [9.17, 15) is 0 Å². The summed E-state index contributed by atoms with van der Waals surface area (Å²) in [7, 11) is 0. The molecule has 2 atom stereocenters. The molecule has 1 N–H and O–H groups in total. The molecule has 1 aliphatic rings.